The number of anilines is 2. The Labute approximate surface area is 157 Å². The number of likely N-dealkylation sites (tertiary alicyclic amines) is 1. The molecule has 0 aliphatic carbocycles. The summed E-state index contributed by atoms with van der Waals surface area (Å²) in [6.07, 6.45) is 1.13. The molecule has 4 rings (SSSR count). The monoisotopic (exact) mass is 368 g/mol. The van der Waals surface area contributed by atoms with Gasteiger partial charge >= 0.3 is 6.03 Å². The van der Waals surface area contributed by atoms with Crippen molar-refractivity contribution in [2.45, 2.75) is 18.5 Å². The van der Waals surface area contributed by atoms with Crippen molar-refractivity contribution in [1.82, 2.24) is 10.2 Å². The molecule has 2 aliphatic heterocycles. The Bertz CT molecular complexity index is 879. The van der Waals surface area contributed by atoms with Crippen LogP contribution in [0.4, 0.5) is 20.6 Å². The highest BCUT2D eigenvalue weighted by Crippen LogP contribution is 2.36. The number of nitrogens with zero attached hydrogens (tertiary/aromatic N) is 2. The third-order valence-corrected chi connectivity index (χ3v) is 5.46. The first kappa shape index (κ1) is 17.3. The molecule has 2 aromatic rings. The largest absolute Gasteiger partial charge is 0.351 e. The molecule has 1 spiro atoms. The number of urea groups is 1. The van der Waals surface area contributed by atoms with Gasteiger partial charge in [-0.25, -0.2) is 9.18 Å². The number of carbonyl (C=O) groups excluding carboxylic acids is 2. The molecule has 2 heterocycles. The number of benzene rings is 2. The van der Waals surface area contributed by atoms with E-state index in [1.165, 1.54) is 18.2 Å². The number of para-hydroxylation sites is 1. The third-order valence-electron chi connectivity index (χ3n) is 5.46. The lowest BCUT2D eigenvalue weighted by Crippen LogP contribution is -2.67. The fourth-order valence-electron chi connectivity index (χ4n) is 3.83. The maximum Gasteiger partial charge on any atom is 0.321 e. The predicted octanol–water partition coefficient (Wildman–Crippen LogP) is 3.03. The minimum absolute atomic E-state index is 0.160. The molecule has 0 bridgehead atoms. The van der Waals surface area contributed by atoms with Gasteiger partial charge in [-0.3, -0.25) is 4.79 Å². The number of fused-ring (bicyclic) bond motifs is 1. The molecule has 0 radical (unpaired) electrons. The van der Waals surface area contributed by atoms with Gasteiger partial charge in [0, 0.05) is 38.7 Å². The highest BCUT2D eigenvalue weighted by atomic mass is 19.1. The van der Waals surface area contributed by atoms with E-state index in [1.54, 1.807) is 4.90 Å². The first-order valence-corrected chi connectivity index (χ1v) is 8.95. The van der Waals surface area contributed by atoms with Crippen molar-refractivity contribution in [1.29, 1.82) is 0 Å². The normalized spacial score (nSPS) is 18.1. The van der Waals surface area contributed by atoms with E-state index in [2.05, 4.69) is 10.6 Å². The van der Waals surface area contributed by atoms with E-state index in [1.807, 2.05) is 42.3 Å². The van der Waals surface area contributed by atoms with Crippen LogP contribution in [0.3, 0.4) is 0 Å². The van der Waals surface area contributed by atoms with Crippen LogP contribution in [0.2, 0.25) is 0 Å². The van der Waals surface area contributed by atoms with E-state index < -0.39 is 5.66 Å². The number of carbonyl (C=O) groups is 2. The molecule has 2 N–H and O–H groups in total. The van der Waals surface area contributed by atoms with Gasteiger partial charge in [0.1, 0.15) is 11.5 Å². The van der Waals surface area contributed by atoms with Gasteiger partial charge in [-0.2, -0.15) is 0 Å². The molecule has 2 aliphatic rings. The van der Waals surface area contributed by atoms with E-state index in [-0.39, 0.29) is 17.8 Å². The first-order chi connectivity index (χ1) is 13.0. The Morgan fingerprint density at radius 1 is 1.15 bits per heavy atom. The molecule has 0 atom stereocenters. The molecule has 0 saturated carbocycles. The third kappa shape index (κ3) is 3.09. The Morgan fingerprint density at radius 3 is 2.56 bits per heavy atom. The smallest absolute Gasteiger partial charge is 0.321 e. The molecule has 2 aromatic carbocycles. The SMILES string of the molecule is CN1c2cc(F)ccc2C(=O)NC12CCN(C(=O)Nc1ccccc1)CC2. The minimum atomic E-state index is -0.610. The van der Waals surface area contributed by atoms with Crippen molar-refractivity contribution in [2.24, 2.45) is 0 Å². The highest BCUT2D eigenvalue weighted by molar-refractivity contribution is 6.02. The summed E-state index contributed by atoms with van der Waals surface area (Å²) in [5.74, 6) is -0.574. The second-order valence-electron chi connectivity index (χ2n) is 6.99. The van der Waals surface area contributed by atoms with Gasteiger partial charge in [0.25, 0.3) is 5.91 Å². The Kier molecular flexibility index (Phi) is 4.22. The van der Waals surface area contributed by atoms with Crippen LogP contribution in [0.1, 0.15) is 23.2 Å². The van der Waals surface area contributed by atoms with Crippen LogP contribution in [0.15, 0.2) is 48.5 Å². The van der Waals surface area contributed by atoms with Crippen molar-refractivity contribution in [3.8, 4) is 0 Å². The van der Waals surface area contributed by atoms with Crippen LogP contribution in [-0.4, -0.2) is 42.6 Å². The molecular weight excluding hydrogens is 347 g/mol. The van der Waals surface area contributed by atoms with Crippen molar-refractivity contribution in [2.75, 3.05) is 30.4 Å². The summed E-state index contributed by atoms with van der Waals surface area (Å²) >= 11 is 0. The zero-order valence-electron chi connectivity index (χ0n) is 15.0. The average Bonchev–Trinajstić information content (AvgIpc) is 2.67. The van der Waals surface area contributed by atoms with Gasteiger partial charge in [-0.15, -0.1) is 0 Å². The van der Waals surface area contributed by atoms with Gasteiger partial charge in [0.15, 0.2) is 0 Å². The number of nitrogens with one attached hydrogen (secondary N) is 2. The van der Waals surface area contributed by atoms with E-state index in [0.29, 0.717) is 37.2 Å². The summed E-state index contributed by atoms with van der Waals surface area (Å²) in [7, 11) is 1.86. The molecule has 0 aromatic heterocycles. The average molecular weight is 368 g/mol. The van der Waals surface area contributed by atoms with Gasteiger partial charge in [-0.05, 0) is 30.3 Å². The summed E-state index contributed by atoms with van der Waals surface area (Å²) in [4.78, 5) is 28.7. The van der Waals surface area contributed by atoms with Crippen molar-refractivity contribution >= 4 is 23.3 Å². The van der Waals surface area contributed by atoms with Crippen molar-refractivity contribution < 1.29 is 14.0 Å². The highest BCUT2D eigenvalue weighted by Gasteiger charge is 2.44. The van der Waals surface area contributed by atoms with E-state index in [4.69, 9.17) is 0 Å². The van der Waals surface area contributed by atoms with Crippen molar-refractivity contribution in [3.05, 3.63) is 59.9 Å². The van der Waals surface area contributed by atoms with Gasteiger partial charge in [0.05, 0.1) is 11.3 Å². The van der Waals surface area contributed by atoms with Crippen LogP contribution >= 0.6 is 0 Å². The molecule has 7 heteroatoms. The molecule has 27 heavy (non-hydrogen) atoms. The van der Waals surface area contributed by atoms with E-state index in [9.17, 15) is 14.0 Å². The Morgan fingerprint density at radius 2 is 1.85 bits per heavy atom. The van der Waals surface area contributed by atoms with Gasteiger partial charge in [-0.1, -0.05) is 18.2 Å². The second kappa shape index (κ2) is 6.57. The van der Waals surface area contributed by atoms with E-state index in [0.717, 1.165) is 5.69 Å². The van der Waals surface area contributed by atoms with Crippen LogP contribution in [0.25, 0.3) is 0 Å². The lowest BCUT2D eigenvalue weighted by Gasteiger charge is -2.51. The number of hydrogen-bond acceptors (Lipinski definition) is 3. The second-order valence-corrected chi connectivity index (χ2v) is 6.99. The summed E-state index contributed by atoms with van der Waals surface area (Å²) in [5.41, 5.74) is 1.19. The number of rotatable bonds is 1. The summed E-state index contributed by atoms with van der Waals surface area (Å²) < 4.78 is 13.7. The predicted molar refractivity (Wildman–Crippen MR) is 101 cm³/mol. The zero-order chi connectivity index (χ0) is 19.0. The van der Waals surface area contributed by atoms with Gasteiger partial charge in [0.2, 0.25) is 0 Å². The lowest BCUT2D eigenvalue weighted by molar-refractivity contribution is 0.0815. The standard InChI is InChI=1S/C20H21FN4O2/c1-24-17-13-14(21)7-8-16(17)18(26)23-20(24)9-11-25(12-10-20)19(27)22-15-5-3-2-4-6-15/h2-8,13H,9-12H2,1H3,(H,22,27)(H,23,26). The van der Waals surface area contributed by atoms with Crippen molar-refractivity contribution in [3.63, 3.8) is 0 Å². The number of amides is 3. The molecule has 1 saturated heterocycles. The van der Waals surface area contributed by atoms with Crippen LogP contribution < -0.4 is 15.5 Å². The maximum absolute atomic E-state index is 13.7. The van der Waals surface area contributed by atoms with Crippen LogP contribution in [-0.2, 0) is 0 Å². The topological polar surface area (TPSA) is 64.7 Å². The maximum atomic E-state index is 13.7. The number of piperidine rings is 1. The minimum Gasteiger partial charge on any atom is -0.351 e. The summed E-state index contributed by atoms with van der Waals surface area (Å²) in [6, 6.07) is 13.3. The molecule has 140 valence electrons. The molecule has 6 nitrogen and oxygen atoms in total. The van der Waals surface area contributed by atoms with Crippen LogP contribution in [0, 0.1) is 5.82 Å². The summed E-state index contributed by atoms with van der Waals surface area (Å²) in [6.45, 7) is 0.988. The van der Waals surface area contributed by atoms with E-state index >= 15 is 0 Å². The fourth-order valence-corrected chi connectivity index (χ4v) is 3.83. The molecule has 0 unspecified atom stereocenters. The quantitative estimate of drug-likeness (QED) is 0.813. The number of hydrogen-bond donors (Lipinski definition) is 2. The molecular formula is C20H21FN4O2. The van der Waals surface area contributed by atoms with Gasteiger partial charge < -0.3 is 20.4 Å². The van der Waals surface area contributed by atoms with Crippen LogP contribution in [0.5, 0.6) is 0 Å². The Balaban J connectivity index is 1.48. The fraction of sp³-hybridized carbons (Fsp3) is 0.300. The molecule has 3 amide bonds. The number of halogens is 1. The zero-order valence-corrected chi connectivity index (χ0v) is 15.0. The molecule has 1 fully saturated rings. The lowest BCUT2D eigenvalue weighted by atomic mass is 9.90. The first-order valence-electron chi connectivity index (χ1n) is 8.95. The summed E-state index contributed by atoms with van der Waals surface area (Å²) in [5, 5.41) is 5.96. The Hall–Kier alpha value is -3.09.